The monoisotopic (exact) mass is 297 g/mol. The van der Waals surface area contributed by atoms with Gasteiger partial charge in [-0.2, -0.15) is 13.2 Å². The van der Waals surface area contributed by atoms with Gasteiger partial charge in [-0.25, -0.2) is 0 Å². The van der Waals surface area contributed by atoms with E-state index in [9.17, 15) is 18.0 Å². The number of piperidine rings is 1. The number of nitrogens with zero attached hydrogens (tertiary/aromatic N) is 1. The number of likely N-dealkylation sites (tertiary alicyclic amines) is 1. The van der Waals surface area contributed by atoms with E-state index in [1.54, 1.807) is 18.2 Å². The summed E-state index contributed by atoms with van der Waals surface area (Å²) in [6.07, 6.45) is -2.13. The predicted molar refractivity (Wildman–Crippen MR) is 76.0 cm³/mol. The maximum atomic E-state index is 12.8. The fourth-order valence-corrected chi connectivity index (χ4v) is 2.67. The van der Waals surface area contributed by atoms with Crippen LogP contribution in [-0.4, -0.2) is 30.1 Å². The summed E-state index contributed by atoms with van der Waals surface area (Å²) < 4.78 is 38.4. The van der Waals surface area contributed by atoms with Crippen LogP contribution in [0.2, 0.25) is 0 Å². The molecule has 5 heteroatoms. The summed E-state index contributed by atoms with van der Waals surface area (Å²) in [7, 11) is 0. The first-order chi connectivity index (χ1) is 9.81. The number of aryl methyl sites for hydroxylation is 1. The van der Waals surface area contributed by atoms with E-state index in [-0.39, 0.29) is 18.9 Å². The van der Waals surface area contributed by atoms with Crippen molar-refractivity contribution in [2.45, 2.75) is 25.9 Å². The van der Waals surface area contributed by atoms with E-state index in [0.717, 1.165) is 11.1 Å². The van der Waals surface area contributed by atoms with Crippen molar-refractivity contribution in [1.29, 1.82) is 0 Å². The molecule has 21 heavy (non-hydrogen) atoms. The molecule has 1 amide bonds. The zero-order valence-electron chi connectivity index (χ0n) is 11.9. The van der Waals surface area contributed by atoms with Crippen LogP contribution < -0.4 is 0 Å². The molecule has 1 saturated heterocycles. The minimum atomic E-state index is -4.24. The fraction of sp³-hybridized carbons (Fsp3) is 0.438. The molecule has 2 rings (SSSR count). The number of amides is 1. The molecule has 1 aliphatic heterocycles. The highest BCUT2D eigenvalue weighted by Crippen LogP contribution is 2.33. The molecule has 0 aliphatic carbocycles. The first kappa shape index (κ1) is 15.6. The fourth-order valence-electron chi connectivity index (χ4n) is 2.67. The Hall–Kier alpha value is -1.78. The molecule has 1 unspecified atom stereocenters. The van der Waals surface area contributed by atoms with Crippen LogP contribution in [0.5, 0.6) is 0 Å². The molecule has 1 aliphatic rings. The van der Waals surface area contributed by atoms with E-state index in [1.165, 1.54) is 4.90 Å². The van der Waals surface area contributed by atoms with Gasteiger partial charge in [-0.1, -0.05) is 18.7 Å². The van der Waals surface area contributed by atoms with Crippen molar-refractivity contribution in [2.24, 2.45) is 5.92 Å². The third-order valence-corrected chi connectivity index (χ3v) is 3.75. The van der Waals surface area contributed by atoms with Crippen molar-refractivity contribution in [3.63, 3.8) is 0 Å². The van der Waals surface area contributed by atoms with E-state index in [1.807, 2.05) is 13.0 Å². The third-order valence-electron chi connectivity index (χ3n) is 3.75. The second-order valence-electron chi connectivity index (χ2n) is 5.47. The number of carbonyl (C=O) groups excluding carboxylic acids is 1. The molecule has 0 radical (unpaired) electrons. The lowest BCUT2D eigenvalue weighted by molar-refractivity contribution is -0.184. The molecule has 0 aromatic heterocycles. The quantitative estimate of drug-likeness (QED) is 0.806. The minimum absolute atomic E-state index is 0.0962. The van der Waals surface area contributed by atoms with Crippen LogP contribution in [0.15, 0.2) is 24.8 Å². The highest BCUT2D eigenvalue weighted by molar-refractivity contribution is 5.95. The third kappa shape index (κ3) is 3.65. The van der Waals surface area contributed by atoms with Crippen molar-refractivity contribution in [1.82, 2.24) is 4.90 Å². The summed E-state index contributed by atoms with van der Waals surface area (Å²) in [5, 5.41) is 0. The highest BCUT2D eigenvalue weighted by atomic mass is 19.4. The maximum absolute atomic E-state index is 12.8. The second kappa shape index (κ2) is 5.92. The first-order valence-electron chi connectivity index (χ1n) is 6.91. The highest BCUT2D eigenvalue weighted by Gasteiger charge is 2.42. The van der Waals surface area contributed by atoms with Gasteiger partial charge in [0.1, 0.15) is 0 Å². The zero-order valence-corrected chi connectivity index (χ0v) is 11.9. The molecule has 1 atom stereocenters. The van der Waals surface area contributed by atoms with E-state index < -0.39 is 12.1 Å². The topological polar surface area (TPSA) is 20.3 Å². The summed E-state index contributed by atoms with van der Waals surface area (Å²) in [6, 6.07) is 5.24. The van der Waals surface area contributed by atoms with Crippen LogP contribution in [0, 0.1) is 12.8 Å². The number of hydrogen-bond acceptors (Lipinski definition) is 1. The lowest BCUT2D eigenvalue weighted by Crippen LogP contribution is -2.44. The van der Waals surface area contributed by atoms with Crippen molar-refractivity contribution >= 4 is 12.0 Å². The lowest BCUT2D eigenvalue weighted by atomic mass is 9.96. The van der Waals surface area contributed by atoms with Crippen molar-refractivity contribution in [2.75, 3.05) is 13.1 Å². The number of alkyl halides is 3. The standard InChI is InChI=1S/C16H18F3NO/c1-3-12-7-11(2)8-13(9-12)15(21)20-6-4-5-14(10-20)16(17,18)19/h3,7-9,14H,1,4-6,10H2,2H3. The number of carbonyl (C=O) groups is 1. The Morgan fingerprint density at radius 3 is 2.71 bits per heavy atom. The smallest absolute Gasteiger partial charge is 0.338 e. The Labute approximate surface area is 122 Å². The molecular formula is C16H18F3NO. The molecular weight excluding hydrogens is 279 g/mol. The van der Waals surface area contributed by atoms with Gasteiger partial charge in [0.15, 0.2) is 0 Å². The number of halogens is 3. The van der Waals surface area contributed by atoms with Gasteiger partial charge in [0.2, 0.25) is 0 Å². The van der Waals surface area contributed by atoms with Gasteiger partial charge in [-0.15, -0.1) is 0 Å². The molecule has 0 saturated carbocycles. The average Bonchev–Trinajstić information content (AvgIpc) is 2.45. The Morgan fingerprint density at radius 2 is 2.10 bits per heavy atom. The Morgan fingerprint density at radius 1 is 1.38 bits per heavy atom. The molecule has 1 fully saturated rings. The lowest BCUT2D eigenvalue weighted by Gasteiger charge is -2.33. The molecule has 0 spiro atoms. The molecule has 0 N–H and O–H groups in total. The second-order valence-corrected chi connectivity index (χ2v) is 5.47. The number of hydrogen-bond donors (Lipinski definition) is 0. The van der Waals surface area contributed by atoms with Gasteiger partial charge in [-0.05, 0) is 43.0 Å². The van der Waals surface area contributed by atoms with Gasteiger partial charge in [-0.3, -0.25) is 4.79 Å². The molecule has 114 valence electrons. The molecule has 1 aromatic carbocycles. The summed E-state index contributed by atoms with van der Waals surface area (Å²) >= 11 is 0. The van der Waals surface area contributed by atoms with Crippen LogP contribution in [-0.2, 0) is 0 Å². The molecule has 0 bridgehead atoms. The zero-order chi connectivity index (χ0) is 15.6. The average molecular weight is 297 g/mol. The SMILES string of the molecule is C=Cc1cc(C)cc(C(=O)N2CCCC(C(F)(F)F)C2)c1. The minimum Gasteiger partial charge on any atom is -0.338 e. The van der Waals surface area contributed by atoms with Crippen LogP contribution >= 0.6 is 0 Å². The van der Waals surface area contributed by atoms with Crippen molar-refractivity contribution in [3.05, 3.63) is 41.5 Å². The summed E-state index contributed by atoms with van der Waals surface area (Å²) in [6.45, 7) is 5.63. The van der Waals surface area contributed by atoms with E-state index in [4.69, 9.17) is 0 Å². The molecule has 1 aromatic rings. The van der Waals surface area contributed by atoms with Gasteiger partial charge < -0.3 is 4.90 Å². The summed E-state index contributed by atoms with van der Waals surface area (Å²) in [4.78, 5) is 13.7. The molecule has 2 nitrogen and oxygen atoms in total. The summed E-state index contributed by atoms with van der Waals surface area (Å²) in [5.74, 6) is -1.75. The normalized spacial score (nSPS) is 19.4. The van der Waals surface area contributed by atoms with E-state index >= 15 is 0 Å². The Bertz CT molecular complexity index is 551. The van der Waals surface area contributed by atoms with Crippen LogP contribution in [0.25, 0.3) is 6.08 Å². The Balaban J connectivity index is 2.20. The van der Waals surface area contributed by atoms with Gasteiger partial charge in [0, 0.05) is 18.7 Å². The molecule has 1 heterocycles. The van der Waals surface area contributed by atoms with Crippen molar-refractivity contribution in [3.8, 4) is 0 Å². The van der Waals surface area contributed by atoms with Gasteiger partial charge in [0.05, 0.1) is 5.92 Å². The largest absolute Gasteiger partial charge is 0.393 e. The van der Waals surface area contributed by atoms with E-state index in [2.05, 4.69) is 6.58 Å². The van der Waals surface area contributed by atoms with Gasteiger partial charge in [0.25, 0.3) is 5.91 Å². The van der Waals surface area contributed by atoms with Crippen LogP contribution in [0.4, 0.5) is 13.2 Å². The number of benzene rings is 1. The van der Waals surface area contributed by atoms with Gasteiger partial charge >= 0.3 is 6.18 Å². The Kier molecular flexibility index (Phi) is 4.40. The first-order valence-corrected chi connectivity index (χ1v) is 6.91. The summed E-state index contributed by atoms with van der Waals surface area (Å²) in [5.41, 5.74) is 2.11. The van der Waals surface area contributed by atoms with E-state index in [0.29, 0.717) is 18.5 Å². The number of rotatable bonds is 2. The predicted octanol–water partition coefficient (Wildman–Crippen LogP) is 4.05. The maximum Gasteiger partial charge on any atom is 0.393 e. The van der Waals surface area contributed by atoms with Crippen molar-refractivity contribution < 1.29 is 18.0 Å². The van der Waals surface area contributed by atoms with Crippen LogP contribution in [0.3, 0.4) is 0 Å². The van der Waals surface area contributed by atoms with Crippen LogP contribution in [0.1, 0.15) is 34.3 Å².